The van der Waals surface area contributed by atoms with E-state index in [1.165, 1.54) is 23.1 Å². The fourth-order valence-electron chi connectivity index (χ4n) is 1.04. The molecule has 1 atom stereocenters. The molecule has 0 fully saturated rings. The van der Waals surface area contributed by atoms with Crippen molar-refractivity contribution in [1.29, 1.82) is 0 Å². The Morgan fingerprint density at radius 1 is 1.56 bits per heavy atom. The van der Waals surface area contributed by atoms with E-state index in [0.717, 1.165) is 9.90 Å². The Balaban J connectivity index is 2.66. The summed E-state index contributed by atoms with van der Waals surface area (Å²) in [7, 11) is 0. The number of primary amides is 1. The van der Waals surface area contributed by atoms with Crippen LogP contribution in [-0.2, 0) is 9.59 Å². The lowest BCUT2D eigenvalue weighted by Crippen LogP contribution is -2.26. The number of nitrogens with zero attached hydrogens (tertiary/aromatic N) is 1. The molecule has 0 radical (unpaired) electrons. The molecule has 8 heteroatoms. The molecule has 0 saturated carbocycles. The zero-order valence-electron chi connectivity index (χ0n) is 10.2. The van der Waals surface area contributed by atoms with Crippen LogP contribution in [-0.4, -0.2) is 29.1 Å². The third kappa shape index (κ3) is 4.28. The molecule has 0 aromatic carbocycles. The van der Waals surface area contributed by atoms with Gasteiger partial charge in [0, 0.05) is 12.5 Å². The van der Waals surface area contributed by atoms with Crippen LogP contribution in [0.15, 0.2) is 4.21 Å². The molecule has 0 aliphatic rings. The molecule has 0 saturated heterocycles. The smallest absolute Gasteiger partial charge is 0.230 e. The largest absolute Gasteiger partial charge is 0.369 e. The van der Waals surface area contributed by atoms with Crippen LogP contribution in [0.5, 0.6) is 0 Å². The Kier molecular flexibility index (Phi) is 5.57. The van der Waals surface area contributed by atoms with E-state index < -0.39 is 0 Å². The number of aromatic nitrogens is 1. The number of aryl methyl sites for hydroxylation is 1. The maximum absolute atomic E-state index is 11.6. The van der Waals surface area contributed by atoms with Crippen molar-refractivity contribution in [3.8, 4) is 0 Å². The van der Waals surface area contributed by atoms with Crippen LogP contribution in [0.1, 0.15) is 12.6 Å². The second-order valence-electron chi connectivity index (χ2n) is 3.77. The Hall–Kier alpha value is -1.12. The second kappa shape index (κ2) is 6.72. The molecule has 2 amide bonds. The number of rotatable bonds is 6. The van der Waals surface area contributed by atoms with Crippen LogP contribution in [0.3, 0.4) is 0 Å². The molecule has 1 rings (SSSR count). The SMILES string of the molecule is Cc1nc(NC(=O)C(C)CN)sc1SCC(N)=O. The van der Waals surface area contributed by atoms with Gasteiger partial charge in [0.25, 0.3) is 0 Å². The normalized spacial score (nSPS) is 12.2. The lowest BCUT2D eigenvalue weighted by molar-refractivity contribution is -0.119. The maximum Gasteiger partial charge on any atom is 0.230 e. The minimum atomic E-state index is -0.380. The number of hydrogen-bond acceptors (Lipinski definition) is 6. The van der Waals surface area contributed by atoms with Gasteiger partial charge in [-0.2, -0.15) is 0 Å². The fourth-order valence-corrected chi connectivity index (χ4v) is 2.92. The fraction of sp³-hybridized carbons (Fsp3) is 0.500. The highest BCUT2D eigenvalue weighted by atomic mass is 32.2. The summed E-state index contributed by atoms with van der Waals surface area (Å²) in [6.45, 7) is 3.86. The standard InChI is InChI=1S/C10H16N4O2S2/c1-5(3-11)8(16)14-10-13-6(2)9(18-10)17-4-7(12)15/h5H,3-4,11H2,1-2H3,(H2,12,15)(H,13,14,16). The minimum Gasteiger partial charge on any atom is -0.369 e. The lowest BCUT2D eigenvalue weighted by Gasteiger charge is -2.06. The van der Waals surface area contributed by atoms with E-state index in [0.29, 0.717) is 11.7 Å². The van der Waals surface area contributed by atoms with Crippen LogP contribution in [0, 0.1) is 12.8 Å². The lowest BCUT2D eigenvalue weighted by atomic mass is 10.2. The molecule has 6 nitrogen and oxygen atoms in total. The molecule has 1 aromatic rings. The van der Waals surface area contributed by atoms with Gasteiger partial charge >= 0.3 is 0 Å². The number of carbonyl (C=O) groups excluding carboxylic acids is 2. The van der Waals surface area contributed by atoms with E-state index in [4.69, 9.17) is 11.5 Å². The van der Waals surface area contributed by atoms with Crippen LogP contribution in [0.2, 0.25) is 0 Å². The molecular formula is C10H16N4O2S2. The quantitative estimate of drug-likeness (QED) is 0.662. The van der Waals surface area contributed by atoms with Crippen LogP contribution < -0.4 is 16.8 Å². The van der Waals surface area contributed by atoms with Gasteiger partial charge in [-0.05, 0) is 6.92 Å². The molecule has 1 unspecified atom stereocenters. The molecule has 100 valence electrons. The van der Waals surface area contributed by atoms with E-state index >= 15 is 0 Å². The molecule has 0 spiro atoms. The Morgan fingerprint density at radius 2 is 2.22 bits per heavy atom. The van der Waals surface area contributed by atoms with Gasteiger partial charge in [0.15, 0.2) is 5.13 Å². The number of amides is 2. The van der Waals surface area contributed by atoms with Gasteiger partial charge in [0.1, 0.15) is 0 Å². The predicted octanol–water partition coefficient (Wildman–Crippen LogP) is 0.562. The summed E-state index contributed by atoms with van der Waals surface area (Å²) in [6, 6.07) is 0. The predicted molar refractivity (Wildman–Crippen MR) is 73.6 cm³/mol. The third-order valence-electron chi connectivity index (χ3n) is 2.13. The zero-order chi connectivity index (χ0) is 13.7. The molecule has 1 heterocycles. The van der Waals surface area contributed by atoms with Crippen molar-refractivity contribution in [2.75, 3.05) is 17.6 Å². The number of anilines is 1. The van der Waals surface area contributed by atoms with Crippen molar-refractivity contribution < 1.29 is 9.59 Å². The first-order valence-electron chi connectivity index (χ1n) is 5.33. The van der Waals surface area contributed by atoms with Gasteiger partial charge in [-0.15, -0.1) is 11.8 Å². The monoisotopic (exact) mass is 288 g/mol. The van der Waals surface area contributed by atoms with Gasteiger partial charge in [-0.1, -0.05) is 18.3 Å². The van der Waals surface area contributed by atoms with Crippen LogP contribution in [0.25, 0.3) is 0 Å². The third-order valence-corrected chi connectivity index (χ3v) is 4.59. The maximum atomic E-state index is 11.6. The van der Waals surface area contributed by atoms with Crippen molar-refractivity contribution in [3.05, 3.63) is 5.69 Å². The first kappa shape index (κ1) is 14.9. The summed E-state index contributed by atoms with van der Waals surface area (Å²) in [5, 5.41) is 3.22. The second-order valence-corrected chi connectivity index (χ2v) is 6.02. The molecule has 1 aromatic heterocycles. The highest BCUT2D eigenvalue weighted by Crippen LogP contribution is 2.31. The van der Waals surface area contributed by atoms with E-state index in [9.17, 15) is 9.59 Å². The Labute approximate surface area is 114 Å². The Bertz CT molecular complexity index is 447. The van der Waals surface area contributed by atoms with Gasteiger partial charge < -0.3 is 16.8 Å². The highest BCUT2D eigenvalue weighted by Gasteiger charge is 2.15. The summed E-state index contributed by atoms with van der Waals surface area (Å²) in [5.41, 5.74) is 11.3. The molecule has 0 bridgehead atoms. The summed E-state index contributed by atoms with van der Waals surface area (Å²) >= 11 is 2.65. The average molecular weight is 288 g/mol. The van der Waals surface area contributed by atoms with Crippen molar-refractivity contribution in [1.82, 2.24) is 4.98 Å². The zero-order valence-corrected chi connectivity index (χ0v) is 11.9. The number of hydrogen-bond donors (Lipinski definition) is 3. The van der Waals surface area contributed by atoms with Crippen LogP contribution in [0.4, 0.5) is 5.13 Å². The van der Waals surface area contributed by atoms with Gasteiger partial charge in [-0.3, -0.25) is 9.59 Å². The minimum absolute atomic E-state index is 0.155. The van der Waals surface area contributed by atoms with E-state index in [2.05, 4.69) is 10.3 Å². The number of nitrogens with one attached hydrogen (secondary N) is 1. The van der Waals surface area contributed by atoms with Crippen molar-refractivity contribution in [2.45, 2.75) is 18.1 Å². The van der Waals surface area contributed by atoms with Gasteiger partial charge in [0.05, 0.1) is 15.7 Å². The highest BCUT2D eigenvalue weighted by molar-refractivity contribution is 8.01. The van der Waals surface area contributed by atoms with Crippen molar-refractivity contribution in [2.24, 2.45) is 17.4 Å². The first-order chi connectivity index (χ1) is 8.43. The average Bonchev–Trinajstić information content (AvgIpc) is 2.65. The Morgan fingerprint density at radius 3 is 2.78 bits per heavy atom. The van der Waals surface area contributed by atoms with Crippen LogP contribution >= 0.6 is 23.1 Å². The topological polar surface area (TPSA) is 111 Å². The first-order valence-corrected chi connectivity index (χ1v) is 7.13. The summed E-state index contributed by atoms with van der Waals surface area (Å²) in [5.74, 6) is -0.584. The number of thioether (sulfide) groups is 1. The van der Waals surface area contributed by atoms with Crippen molar-refractivity contribution >= 4 is 40.0 Å². The van der Waals surface area contributed by atoms with E-state index in [1.54, 1.807) is 6.92 Å². The summed E-state index contributed by atoms with van der Waals surface area (Å²) in [6.07, 6.45) is 0. The van der Waals surface area contributed by atoms with Gasteiger partial charge in [-0.25, -0.2) is 4.98 Å². The molecule has 18 heavy (non-hydrogen) atoms. The van der Waals surface area contributed by atoms with E-state index in [1.807, 2.05) is 6.92 Å². The summed E-state index contributed by atoms with van der Waals surface area (Å²) in [4.78, 5) is 26.5. The molecule has 0 aliphatic heterocycles. The molecule has 5 N–H and O–H groups in total. The van der Waals surface area contributed by atoms with E-state index in [-0.39, 0.29) is 23.5 Å². The van der Waals surface area contributed by atoms with Crippen molar-refractivity contribution in [3.63, 3.8) is 0 Å². The molecular weight excluding hydrogens is 272 g/mol. The number of thiazole rings is 1. The summed E-state index contributed by atoms with van der Waals surface area (Å²) < 4.78 is 0.879. The number of nitrogens with two attached hydrogens (primary N) is 2. The number of carbonyl (C=O) groups is 2. The molecule has 0 aliphatic carbocycles. The van der Waals surface area contributed by atoms with Gasteiger partial charge in [0.2, 0.25) is 11.8 Å².